The zero-order chi connectivity index (χ0) is 16.4. The molecular weight excluding hydrogens is 290 g/mol. The van der Waals surface area contributed by atoms with Crippen LogP contribution in [0.5, 0.6) is 0 Å². The van der Waals surface area contributed by atoms with Crippen molar-refractivity contribution in [3.63, 3.8) is 0 Å². The third-order valence-electron chi connectivity index (χ3n) is 5.25. The van der Waals surface area contributed by atoms with Crippen LogP contribution in [0.1, 0.15) is 62.9 Å². The highest BCUT2D eigenvalue weighted by Crippen LogP contribution is 2.40. The monoisotopic (exact) mass is 319 g/mol. The lowest BCUT2D eigenvalue weighted by Crippen LogP contribution is -2.33. The van der Waals surface area contributed by atoms with Gasteiger partial charge in [-0.3, -0.25) is 4.79 Å². The van der Waals surface area contributed by atoms with Crippen molar-refractivity contribution in [2.45, 2.75) is 65.5 Å². The van der Waals surface area contributed by atoms with Crippen LogP contribution < -0.4 is 5.32 Å². The van der Waals surface area contributed by atoms with Gasteiger partial charge in [0.15, 0.2) is 0 Å². The average Bonchev–Trinajstić information content (AvgIpc) is 3.03. The first kappa shape index (κ1) is 16.4. The number of carbonyl (C=O) groups is 1. The van der Waals surface area contributed by atoms with E-state index in [9.17, 15) is 4.79 Å². The van der Waals surface area contributed by atoms with E-state index >= 15 is 0 Å². The Morgan fingerprint density at radius 3 is 2.78 bits per heavy atom. The highest BCUT2D eigenvalue weighted by Gasteiger charge is 2.39. The van der Waals surface area contributed by atoms with Gasteiger partial charge >= 0.3 is 0 Å². The summed E-state index contributed by atoms with van der Waals surface area (Å²) in [7, 11) is 0. The molecule has 1 amide bonds. The number of likely N-dealkylation sites (tertiary alicyclic amines) is 1. The molecule has 1 saturated heterocycles. The summed E-state index contributed by atoms with van der Waals surface area (Å²) in [6.07, 6.45) is 5.72. The molecule has 0 aromatic carbocycles. The Morgan fingerprint density at radius 1 is 1.26 bits per heavy atom. The first-order valence-corrected chi connectivity index (χ1v) is 8.98. The highest BCUT2D eigenvalue weighted by molar-refractivity contribution is 5.90. The van der Waals surface area contributed by atoms with Gasteiger partial charge in [0.1, 0.15) is 5.82 Å². The number of hydrogen-bond donors (Lipinski definition) is 1. The number of fused-ring (bicyclic) bond motifs is 1. The van der Waals surface area contributed by atoms with E-state index in [2.05, 4.69) is 31.9 Å². The van der Waals surface area contributed by atoms with E-state index in [1.165, 1.54) is 32.5 Å². The molecule has 2 aliphatic rings. The Morgan fingerprint density at radius 2 is 2.04 bits per heavy atom. The Labute approximate surface area is 138 Å². The Balaban J connectivity index is 1.72. The molecular formula is C17H29N5O. The van der Waals surface area contributed by atoms with Crippen molar-refractivity contribution in [3.8, 4) is 0 Å². The summed E-state index contributed by atoms with van der Waals surface area (Å²) in [4.78, 5) is 14.9. The number of nitrogens with zero attached hydrogens (tertiary/aromatic N) is 4. The van der Waals surface area contributed by atoms with Crippen LogP contribution in [0.25, 0.3) is 0 Å². The van der Waals surface area contributed by atoms with Gasteiger partial charge in [-0.2, -0.15) is 0 Å². The molecule has 0 saturated carbocycles. The van der Waals surface area contributed by atoms with E-state index in [0.29, 0.717) is 11.2 Å². The van der Waals surface area contributed by atoms with Gasteiger partial charge in [-0.25, -0.2) is 0 Å². The van der Waals surface area contributed by atoms with Gasteiger partial charge in [0.05, 0.1) is 0 Å². The number of rotatable bonds is 4. The molecule has 0 bridgehead atoms. The maximum atomic E-state index is 12.3. The zero-order valence-corrected chi connectivity index (χ0v) is 14.6. The number of aryl methyl sites for hydroxylation is 1. The molecule has 1 atom stereocenters. The Kier molecular flexibility index (Phi) is 4.71. The molecule has 23 heavy (non-hydrogen) atoms. The number of nitrogens with one attached hydrogen (secondary N) is 1. The molecule has 1 unspecified atom stereocenters. The summed E-state index contributed by atoms with van der Waals surface area (Å²) in [6, 6.07) is 0.116. The van der Waals surface area contributed by atoms with Crippen molar-refractivity contribution in [1.29, 1.82) is 0 Å². The van der Waals surface area contributed by atoms with Gasteiger partial charge in [-0.1, -0.05) is 6.92 Å². The zero-order valence-electron chi connectivity index (χ0n) is 14.6. The van der Waals surface area contributed by atoms with Crippen molar-refractivity contribution in [1.82, 2.24) is 25.0 Å². The molecule has 128 valence electrons. The third kappa shape index (κ3) is 3.42. The minimum absolute atomic E-state index is 0.103. The van der Waals surface area contributed by atoms with Crippen LogP contribution in [0.2, 0.25) is 0 Å². The predicted octanol–water partition coefficient (Wildman–Crippen LogP) is 1.85. The maximum Gasteiger partial charge on any atom is 0.289 e. The third-order valence-corrected chi connectivity index (χ3v) is 5.25. The molecule has 6 nitrogen and oxygen atoms in total. The summed E-state index contributed by atoms with van der Waals surface area (Å²) >= 11 is 0. The fourth-order valence-corrected chi connectivity index (χ4v) is 4.04. The summed E-state index contributed by atoms with van der Waals surface area (Å²) in [5.74, 6) is 1.35. The standard InChI is InChI=1S/C17H29N5O/c1-4-9-21-10-7-17(12-21)6-5-14-19-20-15(22(14)11-8-17)16(23)18-13(2)3/h13H,4-12H2,1-3H3,(H,18,23). The first-order chi connectivity index (χ1) is 11.0. The highest BCUT2D eigenvalue weighted by atomic mass is 16.2. The minimum atomic E-state index is -0.103. The van der Waals surface area contributed by atoms with Crippen molar-refractivity contribution < 1.29 is 4.79 Å². The van der Waals surface area contributed by atoms with Crippen molar-refractivity contribution in [2.24, 2.45) is 5.41 Å². The van der Waals surface area contributed by atoms with E-state index < -0.39 is 0 Å². The van der Waals surface area contributed by atoms with Gasteiger partial charge < -0.3 is 14.8 Å². The lowest BCUT2D eigenvalue weighted by molar-refractivity contribution is 0.0926. The van der Waals surface area contributed by atoms with Crippen LogP contribution in [-0.2, 0) is 13.0 Å². The molecule has 3 heterocycles. The molecule has 1 aromatic heterocycles. The lowest BCUT2D eigenvalue weighted by atomic mass is 9.80. The van der Waals surface area contributed by atoms with Crippen LogP contribution in [0.15, 0.2) is 0 Å². The summed E-state index contributed by atoms with van der Waals surface area (Å²) in [6.45, 7) is 10.7. The average molecular weight is 319 g/mol. The largest absolute Gasteiger partial charge is 0.347 e. The topological polar surface area (TPSA) is 63.1 Å². The van der Waals surface area contributed by atoms with Gasteiger partial charge in [0.2, 0.25) is 5.82 Å². The van der Waals surface area contributed by atoms with E-state index in [1.807, 2.05) is 13.8 Å². The van der Waals surface area contributed by atoms with Crippen molar-refractivity contribution in [2.75, 3.05) is 19.6 Å². The fourth-order valence-electron chi connectivity index (χ4n) is 4.04. The summed E-state index contributed by atoms with van der Waals surface area (Å²) < 4.78 is 2.05. The second-order valence-corrected chi connectivity index (χ2v) is 7.50. The minimum Gasteiger partial charge on any atom is -0.347 e. The second-order valence-electron chi connectivity index (χ2n) is 7.50. The molecule has 1 N–H and O–H groups in total. The SMILES string of the molecule is CCCN1CCC2(CCc3nnc(C(=O)NC(C)C)n3CC2)C1. The smallest absolute Gasteiger partial charge is 0.289 e. The van der Waals surface area contributed by atoms with Crippen LogP contribution in [0.3, 0.4) is 0 Å². The number of carbonyl (C=O) groups excluding carboxylic acids is 1. The lowest BCUT2D eigenvalue weighted by Gasteiger charge is -2.27. The van der Waals surface area contributed by atoms with Crippen LogP contribution >= 0.6 is 0 Å². The molecule has 2 aliphatic heterocycles. The molecule has 6 heteroatoms. The molecule has 0 aliphatic carbocycles. The molecule has 1 aromatic rings. The number of amides is 1. The fraction of sp³-hybridized carbons (Fsp3) is 0.824. The van der Waals surface area contributed by atoms with E-state index in [0.717, 1.165) is 31.6 Å². The van der Waals surface area contributed by atoms with Gasteiger partial charge in [-0.15, -0.1) is 10.2 Å². The van der Waals surface area contributed by atoms with E-state index in [1.54, 1.807) is 0 Å². The molecule has 1 fully saturated rings. The second kappa shape index (κ2) is 6.59. The van der Waals surface area contributed by atoms with Gasteiger partial charge in [-0.05, 0) is 58.0 Å². The predicted molar refractivity (Wildman–Crippen MR) is 89.3 cm³/mol. The Bertz CT molecular complexity index is 567. The van der Waals surface area contributed by atoms with Crippen molar-refractivity contribution in [3.05, 3.63) is 11.6 Å². The first-order valence-electron chi connectivity index (χ1n) is 8.98. The molecule has 3 rings (SSSR count). The van der Waals surface area contributed by atoms with Gasteiger partial charge in [0, 0.05) is 25.6 Å². The van der Waals surface area contributed by atoms with Gasteiger partial charge in [0.25, 0.3) is 5.91 Å². The van der Waals surface area contributed by atoms with Crippen LogP contribution in [0, 0.1) is 5.41 Å². The normalized spacial score (nSPS) is 24.9. The number of aromatic nitrogens is 3. The maximum absolute atomic E-state index is 12.3. The Hall–Kier alpha value is -1.43. The summed E-state index contributed by atoms with van der Waals surface area (Å²) in [5.41, 5.74) is 0.404. The number of hydrogen-bond acceptors (Lipinski definition) is 4. The van der Waals surface area contributed by atoms with Crippen LogP contribution in [-0.4, -0.2) is 51.2 Å². The molecule has 1 spiro atoms. The van der Waals surface area contributed by atoms with E-state index in [4.69, 9.17) is 0 Å². The summed E-state index contributed by atoms with van der Waals surface area (Å²) in [5, 5.41) is 11.4. The molecule has 0 radical (unpaired) electrons. The van der Waals surface area contributed by atoms with Crippen LogP contribution in [0.4, 0.5) is 0 Å². The van der Waals surface area contributed by atoms with E-state index in [-0.39, 0.29) is 11.9 Å². The quantitative estimate of drug-likeness (QED) is 0.920. The van der Waals surface area contributed by atoms with Crippen molar-refractivity contribution >= 4 is 5.91 Å².